The standard InChI is InChI=1S/C20H25Cl2NO4/c1-3-18(27-19-7-6-17(22)11-16(19)12-21)20(24)23(2)13-15-5-4-9-25-14-26-10-8-15/h4,6-11,15,18H,3,5,12-14H2,1-2H3. The van der Waals surface area contributed by atoms with E-state index in [9.17, 15) is 4.79 Å². The van der Waals surface area contributed by atoms with Crippen LogP contribution in [0.4, 0.5) is 0 Å². The monoisotopic (exact) mass is 413 g/mol. The minimum atomic E-state index is -0.589. The maximum Gasteiger partial charge on any atom is 0.263 e. The lowest BCUT2D eigenvalue weighted by Gasteiger charge is -2.26. The Labute approximate surface area is 170 Å². The van der Waals surface area contributed by atoms with Gasteiger partial charge in [-0.05, 0) is 43.2 Å². The van der Waals surface area contributed by atoms with Gasteiger partial charge in [0.25, 0.3) is 5.91 Å². The molecule has 1 aromatic carbocycles. The van der Waals surface area contributed by atoms with Crippen LogP contribution in [0.25, 0.3) is 0 Å². The van der Waals surface area contributed by atoms with E-state index in [-0.39, 0.29) is 24.5 Å². The largest absolute Gasteiger partial charge is 0.480 e. The van der Waals surface area contributed by atoms with Gasteiger partial charge in [-0.25, -0.2) is 0 Å². The normalized spacial score (nSPS) is 17.7. The van der Waals surface area contributed by atoms with Gasteiger partial charge in [0, 0.05) is 30.1 Å². The molecule has 27 heavy (non-hydrogen) atoms. The lowest BCUT2D eigenvalue weighted by molar-refractivity contribution is -0.137. The van der Waals surface area contributed by atoms with Crippen molar-refractivity contribution in [1.29, 1.82) is 0 Å². The summed E-state index contributed by atoms with van der Waals surface area (Å²) in [5.74, 6) is 0.891. The van der Waals surface area contributed by atoms with Gasteiger partial charge in [0.05, 0.1) is 18.4 Å². The second-order valence-corrected chi connectivity index (χ2v) is 6.97. The minimum absolute atomic E-state index is 0.0811. The maximum atomic E-state index is 12.9. The first-order valence-electron chi connectivity index (χ1n) is 8.86. The Morgan fingerprint density at radius 1 is 1.37 bits per heavy atom. The fraction of sp³-hybridized carbons (Fsp3) is 0.450. The summed E-state index contributed by atoms with van der Waals surface area (Å²) in [4.78, 5) is 14.6. The van der Waals surface area contributed by atoms with E-state index in [2.05, 4.69) is 0 Å². The Kier molecular flexibility index (Phi) is 8.82. The molecule has 0 spiro atoms. The van der Waals surface area contributed by atoms with Crippen LogP contribution >= 0.6 is 23.2 Å². The predicted molar refractivity (Wildman–Crippen MR) is 107 cm³/mol. The molecule has 1 heterocycles. The number of hydrogen-bond donors (Lipinski definition) is 0. The highest BCUT2D eigenvalue weighted by Crippen LogP contribution is 2.26. The molecule has 1 aliphatic heterocycles. The number of alkyl halides is 1. The van der Waals surface area contributed by atoms with Gasteiger partial charge >= 0.3 is 0 Å². The van der Waals surface area contributed by atoms with Crippen LogP contribution < -0.4 is 4.74 Å². The molecule has 0 saturated carbocycles. The van der Waals surface area contributed by atoms with Gasteiger partial charge in [-0.1, -0.05) is 18.5 Å². The van der Waals surface area contributed by atoms with Crippen molar-refractivity contribution < 1.29 is 19.0 Å². The van der Waals surface area contributed by atoms with E-state index in [1.165, 1.54) is 0 Å². The first-order chi connectivity index (χ1) is 13.0. The first kappa shape index (κ1) is 21.5. The van der Waals surface area contributed by atoms with Crippen LogP contribution in [0.3, 0.4) is 0 Å². The van der Waals surface area contributed by atoms with Gasteiger partial charge in [0.2, 0.25) is 6.79 Å². The number of hydrogen-bond acceptors (Lipinski definition) is 4. The number of halogens is 2. The van der Waals surface area contributed by atoms with Crippen LogP contribution in [0.2, 0.25) is 5.02 Å². The number of likely N-dealkylation sites (N-methyl/N-ethyl adjacent to an activating group) is 1. The van der Waals surface area contributed by atoms with Crippen molar-refractivity contribution in [3.8, 4) is 5.75 Å². The Balaban J connectivity index is 2.03. The fourth-order valence-electron chi connectivity index (χ4n) is 2.71. The van der Waals surface area contributed by atoms with Gasteiger partial charge in [0.1, 0.15) is 5.75 Å². The molecule has 7 heteroatoms. The summed E-state index contributed by atoms with van der Waals surface area (Å²) < 4.78 is 16.3. The van der Waals surface area contributed by atoms with E-state index >= 15 is 0 Å². The minimum Gasteiger partial charge on any atom is -0.480 e. The molecule has 5 nitrogen and oxygen atoms in total. The second kappa shape index (κ2) is 11.1. The summed E-state index contributed by atoms with van der Waals surface area (Å²) in [5.41, 5.74) is 0.763. The first-order valence-corrected chi connectivity index (χ1v) is 9.77. The molecule has 0 saturated heterocycles. The van der Waals surface area contributed by atoms with Crippen LogP contribution in [0.15, 0.2) is 42.9 Å². The molecule has 0 N–H and O–H groups in total. The van der Waals surface area contributed by atoms with Gasteiger partial charge in [-0.2, -0.15) is 0 Å². The number of amides is 1. The highest BCUT2D eigenvalue weighted by molar-refractivity contribution is 6.30. The molecule has 0 bridgehead atoms. The molecule has 2 rings (SSSR count). The quantitative estimate of drug-likeness (QED) is 0.606. The number of ether oxygens (including phenoxy) is 3. The molecule has 0 radical (unpaired) electrons. The van der Waals surface area contributed by atoms with Crippen molar-refractivity contribution in [2.24, 2.45) is 5.92 Å². The van der Waals surface area contributed by atoms with E-state index in [1.807, 2.05) is 19.1 Å². The molecule has 0 aliphatic carbocycles. The molecule has 1 aromatic rings. The van der Waals surface area contributed by atoms with Gasteiger partial charge < -0.3 is 19.1 Å². The van der Waals surface area contributed by atoms with Crippen LogP contribution in [-0.2, 0) is 20.1 Å². The van der Waals surface area contributed by atoms with Crippen molar-refractivity contribution in [2.45, 2.75) is 31.7 Å². The van der Waals surface area contributed by atoms with Crippen molar-refractivity contribution in [3.05, 3.63) is 53.5 Å². The zero-order chi connectivity index (χ0) is 19.6. The average molecular weight is 414 g/mol. The molecular formula is C20H25Cl2NO4. The van der Waals surface area contributed by atoms with Crippen LogP contribution in [0.1, 0.15) is 25.3 Å². The fourth-order valence-corrected chi connectivity index (χ4v) is 3.12. The summed E-state index contributed by atoms with van der Waals surface area (Å²) in [6.45, 7) is 2.65. The van der Waals surface area contributed by atoms with Crippen LogP contribution in [-0.4, -0.2) is 37.3 Å². The van der Waals surface area contributed by atoms with Gasteiger partial charge in [-0.3, -0.25) is 4.79 Å². The number of nitrogens with zero attached hydrogens (tertiary/aromatic N) is 1. The molecule has 2 atom stereocenters. The van der Waals surface area contributed by atoms with Crippen LogP contribution in [0.5, 0.6) is 5.75 Å². The third kappa shape index (κ3) is 6.67. The number of benzene rings is 1. The molecule has 148 valence electrons. The summed E-state index contributed by atoms with van der Waals surface area (Å²) in [6.07, 6.45) is 7.81. The Morgan fingerprint density at radius 3 is 2.89 bits per heavy atom. The summed E-state index contributed by atoms with van der Waals surface area (Å²) >= 11 is 12.0. The average Bonchev–Trinajstić information content (AvgIpc) is 2.80. The van der Waals surface area contributed by atoms with Crippen LogP contribution in [0, 0.1) is 5.92 Å². The highest BCUT2D eigenvalue weighted by Gasteiger charge is 2.24. The van der Waals surface area contributed by atoms with Crippen molar-refractivity contribution in [3.63, 3.8) is 0 Å². The Morgan fingerprint density at radius 2 is 2.15 bits per heavy atom. The van der Waals surface area contributed by atoms with E-state index in [1.54, 1.807) is 42.7 Å². The number of rotatable bonds is 7. The third-order valence-electron chi connectivity index (χ3n) is 4.18. The van der Waals surface area contributed by atoms with E-state index in [4.69, 9.17) is 37.4 Å². The lowest BCUT2D eigenvalue weighted by Crippen LogP contribution is -2.41. The smallest absolute Gasteiger partial charge is 0.263 e. The van der Waals surface area contributed by atoms with Gasteiger partial charge in [-0.15, -0.1) is 11.6 Å². The van der Waals surface area contributed by atoms with E-state index in [0.717, 1.165) is 12.0 Å². The van der Waals surface area contributed by atoms with Crippen molar-refractivity contribution in [1.82, 2.24) is 4.90 Å². The zero-order valence-electron chi connectivity index (χ0n) is 15.6. The van der Waals surface area contributed by atoms with Crippen molar-refractivity contribution in [2.75, 3.05) is 20.4 Å². The van der Waals surface area contributed by atoms with Crippen molar-refractivity contribution >= 4 is 29.1 Å². The van der Waals surface area contributed by atoms with Gasteiger partial charge in [0.15, 0.2) is 6.10 Å². The summed E-state index contributed by atoms with van der Waals surface area (Å²) in [6, 6.07) is 5.23. The zero-order valence-corrected chi connectivity index (χ0v) is 17.1. The number of carbonyl (C=O) groups is 1. The molecule has 0 aromatic heterocycles. The Bertz CT molecular complexity index is 678. The SMILES string of the molecule is CCC(Oc1ccc(Cl)cc1CCl)C(=O)N(C)CC1C=COCOC=CC1. The summed E-state index contributed by atoms with van der Waals surface area (Å²) in [7, 11) is 1.78. The maximum absolute atomic E-state index is 12.9. The van der Waals surface area contributed by atoms with E-state index in [0.29, 0.717) is 23.7 Å². The molecule has 1 amide bonds. The third-order valence-corrected chi connectivity index (χ3v) is 4.70. The molecule has 1 aliphatic rings. The van der Waals surface area contributed by atoms with E-state index < -0.39 is 6.10 Å². The highest BCUT2D eigenvalue weighted by atomic mass is 35.5. The molecule has 2 unspecified atom stereocenters. The number of allylic oxidation sites excluding steroid dienone is 1. The number of carbonyl (C=O) groups excluding carboxylic acids is 1. The predicted octanol–water partition coefficient (Wildman–Crippen LogP) is 4.73. The molecule has 0 fully saturated rings. The topological polar surface area (TPSA) is 48.0 Å². The molecular weight excluding hydrogens is 389 g/mol. The summed E-state index contributed by atoms with van der Waals surface area (Å²) in [5, 5.41) is 0.584. The Hall–Kier alpha value is -1.85. The lowest BCUT2D eigenvalue weighted by atomic mass is 10.0. The second-order valence-electron chi connectivity index (χ2n) is 6.27.